The second-order valence-electron chi connectivity index (χ2n) is 4.91. The van der Waals surface area contributed by atoms with Crippen molar-refractivity contribution in [2.24, 2.45) is 0 Å². The zero-order valence-corrected chi connectivity index (χ0v) is 9.65. The van der Waals surface area contributed by atoms with Gasteiger partial charge in [0.2, 0.25) is 5.91 Å². The predicted octanol–water partition coefficient (Wildman–Crippen LogP) is 1.41. The molecule has 0 aromatic carbocycles. The Labute approximate surface area is 94.3 Å². The average Bonchev–Trinajstić information content (AvgIpc) is 2.15. The van der Waals surface area contributed by atoms with Gasteiger partial charge in [0.05, 0.1) is 12.0 Å². The third kappa shape index (κ3) is 1.60. The lowest BCUT2D eigenvalue weighted by Crippen LogP contribution is -2.52. The van der Waals surface area contributed by atoms with E-state index < -0.39 is 5.54 Å². The zero-order chi connectivity index (χ0) is 11.9. The second kappa shape index (κ2) is 3.40. The molecule has 2 heterocycles. The number of amides is 2. The lowest BCUT2D eigenvalue weighted by atomic mass is 9.95. The van der Waals surface area contributed by atoms with Crippen LogP contribution in [0, 0.1) is 0 Å². The Morgan fingerprint density at radius 2 is 2.00 bits per heavy atom. The van der Waals surface area contributed by atoms with E-state index in [1.165, 1.54) is 11.1 Å². The molecule has 2 amide bonds. The van der Waals surface area contributed by atoms with Crippen LogP contribution >= 0.6 is 0 Å². The minimum Gasteiger partial charge on any atom is -0.274 e. The normalized spacial score (nSPS) is 16.3. The topological polar surface area (TPSA) is 50.3 Å². The van der Waals surface area contributed by atoms with Crippen molar-refractivity contribution < 1.29 is 9.59 Å². The fraction of sp³-hybridized carbons (Fsp3) is 0.417. The number of pyridine rings is 1. The van der Waals surface area contributed by atoms with Crippen LogP contribution in [0.25, 0.3) is 0 Å². The Kier molecular flexibility index (Phi) is 2.30. The number of imide groups is 1. The van der Waals surface area contributed by atoms with Gasteiger partial charge in [-0.2, -0.15) is 0 Å². The molecule has 0 fully saturated rings. The van der Waals surface area contributed by atoms with Gasteiger partial charge >= 0.3 is 0 Å². The average molecular weight is 218 g/mol. The Balaban J connectivity index is 2.50. The molecule has 0 aliphatic carbocycles. The third-order valence-corrected chi connectivity index (χ3v) is 2.61. The molecule has 1 aliphatic rings. The van der Waals surface area contributed by atoms with Crippen molar-refractivity contribution in [3.05, 3.63) is 29.6 Å². The number of carbonyl (C=O) groups excluding carboxylic acids is 2. The summed E-state index contributed by atoms with van der Waals surface area (Å²) in [5.74, 6) is -0.386. The van der Waals surface area contributed by atoms with Gasteiger partial charge in [-0.1, -0.05) is 0 Å². The first-order valence-corrected chi connectivity index (χ1v) is 5.21. The predicted molar refractivity (Wildman–Crippen MR) is 58.9 cm³/mol. The highest BCUT2D eigenvalue weighted by Crippen LogP contribution is 2.25. The summed E-state index contributed by atoms with van der Waals surface area (Å²) >= 11 is 0. The van der Waals surface area contributed by atoms with Crippen LogP contribution in [0.4, 0.5) is 0 Å². The minimum atomic E-state index is -0.484. The van der Waals surface area contributed by atoms with Crippen LogP contribution in [-0.2, 0) is 11.2 Å². The van der Waals surface area contributed by atoms with E-state index in [-0.39, 0.29) is 18.2 Å². The van der Waals surface area contributed by atoms with Crippen LogP contribution in [0.5, 0.6) is 0 Å². The Morgan fingerprint density at radius 3 is 2.62 bits per heavy atom. The molecule has 1 aliphatic heterocycles. The largest absolute Gasteiger partial charge is 0.274 e. The van der Waals surface area contributed by atoms with Crippen LogP contribution in [-0.4, -0.2) is 27.2 Å². The second-order valence-corrected chi connectivity index (χ2v) is 4.91. The Bertz CT molecular complexity index is 460. The van der Waals surface area contributed by atoms with Crippen molar-refractivity contribution in [1.29, 1.82) is 0 Å². The van der Waals surface area contributed by atoms with E-state index in [0.717, 1.165) is 5.56 Å². The summed E-state index contributed by atoms with van der Waals surface area (Å²) in [5, 5.41) is 0. The van der Waals surface area contributed by atoms with Gasteiger partial charge in [0, 0.05) is 17.9 Å². The molecule has 0 N–H and O–H groups in total. The number of aromatic nitrogens is 1. The van der Waals surface area contributed by atoms with Crippen molar-refractivity contribution in [3.63, 3.8) is 0 Å². The Morgan fingerprint density at radius 1 is 1.31 bits per heavy atom. The smallest absolute Gasteiger partial charge is 0.262 e. The van der Waals surface area contributed by atoms with Crippen LogP contribution in [0.3, 0.4) is 0 Å². The van der Waals surface area contributed by atoms with E-state index in [4.69, 9.17) is 0 Å². The molecule has 4 heteroatoms. The van der Waals surface area contributed by atoms with Crippen molar-refractivity contribution in [3.8, 4) is 0 Å². The Hall–Kier alpha value is -1.71. The van der Waals surface area contributed by atoms with Crippen molar-refractivity contribution >= 4 is 11.8 Å². The molecule has 0 bridgehead atoms. The molecule has 1 aromatic rings. The molecule has 0 radical (unpaired) electrons. The summed E-state index contributed by atoms with van der Waals surface area (Å²) in [6.07, 6.45) is 3.41. The van der Waals surface area contributed by atoms with Gasteiger partial charge < -0.3 is 0 Å². The number of fused-ring (bicyclic) bond motifs is 1. The summed E-state index contributed by atoms with van der Waals surface area (Å²) in [4.78, 5) is 29.3. The SMILES string of the molecule is CC(C)(C)N1C(=O)Cc2ccncc2C1=O. The van der Waals surface area contributed by atoms with Crippen molar-refractivity contribution in [1.82, 2.24) is 9.88 Å². The van der Waals surface area contributed by atoms with Crippen LogP contribution < -0.4 is 0 Å². The van der Waals surface area contributed by atoms with E-state index in [2.05, 4.69) is 4.98 Å². The van der Waals surface area contributed by atoms with Gasteiger partial charge in [-0.15, -0.1) is 0 Å². The fourth-order valence-electron chi connectivity index (χ4n) is 1.92. The molecule has 1 aromatic heterocycles. The van der Waals surface area contributed by atoms with E-state index in [9.17, 15) is 9.59 Å². The highest BCUT2D eigenvalue weighted by atomic mass is 16.2. The summed E-state index contributed by atoms with van der Waals surface area (Å²) in [7, 11) is 0. The van der Waals surface area contributed by atoms with Gasteiger partial charge in [-0.3, -0.25) is 19.5 Å². The molecular weight excluding hydrogens is 204 g/mol. The highest BCUT2D eigenvalue weighted by Gasteiger charge is 2.37. The molecular formula is C12H14N2O2. The third-order valence-electron chi connectivity index (χ3n) is 2.61. The van der Waals surface area contributed by atoms with Gasteiger partial charge in [0.15, 0.2) is 0 Å². The van der Waals surface area contributed by atoms with Crippen molar-refractivity contribution in [2.45, 2.75) is 32.7 Å². The molecule has 16 heavy (non-hydrogen) atoms. The standard InChI is InChI=1S/C12H14N2O2/c1-12(2,3)14-10(15)6-8-4-5-13-7-9(8)11(14)16/h4-5,7H,6H2,1-3H3. The van der Waals surface area contributed by atoms with E-state index in [1.807, 2.05) is 20.8 Å². The molecule has 4 nitrogen and oxygen atoms in total. The van der Waals surface area contributed by atoms with Crippen LogP contribution in [0.15, 0.2) is 18.5 Å². The first kappa shape index (κ1) is 10.8. The monoisotopic (exact) mass is 218 g/mol. The van der Waals surface area contributed by atoms with Crippen LogP contribution in [0.1, 0.15) is 36.7 Å². The molecule has 0 unspecified atom stereocenters. The number of hydrogen-bond donors (Lipinski definition) is 0. The number of carbonyl (C=O) groups is 2. The summed E-state index contributed by atoms with van der Waals surface area (Å²) < 4.78 is 0. The van der Waals surface area contributed by atoms with Gasteiger partial charge in [-0.05, 0) is 32.4 Å². The quantitative estimate of drug-likeness (QED) is 0.618. The minimum absolute atomic E-state index is 0.142. The first-order chi connectivity index (χ1) is 7.41. The van der Waals surface area contributed by atoms with Gasteiger partial charge in [0.25, 0.3) is 5.91 Å². The number of rotatable bonds is 0. The van der Waals surface area contributed by atoms with Gasteiger partial charge in [-0.25, -0.2) is 0 Å². The van der Waals surface area contributed by atoms with Crippen molar-refractivity contribution in [2.75, 3.05) is 0 Å². The number of nitrogens with zero attached hydrogens (tertiary/aromatic N) is 2. The van der Waals surface area contributed by atoms with E-state index in [1.54, 1.807) is 12.3 Å². The summed E-state index contributed by atoms with van der Waals surface area (Å²) in [6, 6.07) is 1.73. The number of hydrogen-bond acceptors (Lipinski definition) is 3. The lowest BCUT2D eigenvalue weighted by Gasteiger charge is -2.36. The van der Waals surface area contributed by atoms with E-state index in [0.29, 0.717) is 5.56 Å². The highest BCUT2D eigenvalue weighted by molar-refractivity contribution is 6.10. The zero-order valence-electron chi connectivity index (χ0n) is 9.65. The molecule has 2 rings (SSSR count). The maximum atomic E-state index is 12.1. The summed E-state index contributed by atoms with van der Waals surface area (Å²) in [5.41, 5.74) is 0.823. The summed E-state index contributed by atoms with van der Waals surface area (Å²) in [6.45, 7) is 5.55. The molecule has 84 valence electrons. The van der Waals surface area contributed by atoms with Gasteiger partial charge in [0.1, 0.15) is 0 Å². The lowest BCUT2D eigenvalue weighted by molar-refractivity contribution is -0.132. The maximum Gasteiger partial charge on any atom is 0.262 e. The molecule has 0 spiro atoms. The molecule has 0 saturated carbocycles. The molecule has 0 saturated heterocycles. The first-order valence-electron chi connectivity index (χ1n) is 5.21. The maximum absolute atomic E-state index is 12.1. The molecule has 0 atom stereocenters. The van der Waals surface area contributed by atoms with E-state index >= 15 is 0 Å². The fourth-order valence-corrected chi connectivity index (χ4v) is 1.92. The van der Waals surface area contributed by atoms with Crippen LogP contribution in [0.2, 0.25) is 0 Å².